The van der Waals surface area contributed by atoms with E-state index < -0.39 is 0 Å². The molecule has 0 radical (unpaired) electrons. The molecule has 0 saturated carbocycles. The van der Waals surface area contributed by atoms with Gasteiger partial charge in [0.1, 0.15) is 0 Å². The van der Waals surface area contributed by atoms with Crippen LogP contribution in [-0.2, 0) is 9.59 Å². The molecule has 25 heavy (non-hydrogen) atoms. The normalized spacial score (nSPS) is 22.0. The molecule has 2 fully saturated rings. The van der Waals surface area contributed by atoms with Gasteiger partial charge < -0.3 is 10.2 Å². The first-order chi connectivity index (χ1) is 12.0. The summed E-state index contributed by atoms with van der Waals surface area (Å²) in [4.78, 5) is 34.6. The first-order valence-corrected chi connectivity index (χ1v) is 10.1. The highest BCUT2D eigenvalue weighted by atomic mass is 32.1. The SMILES string of the molecule is Cc1nc(NC(=O)CN2CCCC(C(=O)N3CCCCC3)C2)sc1C. The van der Waals surface area contributed by atoms with Crippen LogP contribution in [0.4, 0.5) is 5.13 Å². The van der Waals surface area contributed by atoms with Gasteiger partial charge in [0.2, 0.25) is 11.8 Å². The van der Waals surface area contributed by atoms with Crippen LogP contribution in [0.1, 0.15) is 42.7 Å². The van der Waals surface area contributed by atoms with Crippen LogP contribution in [0.3, 0.4) is 0 Å². The highest BCUT2D eigenvalue weighted by Gasteiger charge is 2.30. The van der Waals surface area contributed by atoms with Gasteiger partial charge in [0.15, 0.2) is 5.13 Å². The van der Waals surface area contributed by atoms with Crippen molar-refractivity contribution in [2.75, 3.05) is 38.0 Å². The lowest BCUT2D eigenvalue weighted by molar-refractivity contribution is -0.138. The second kappa shape index (κ2) is 8.27. The van der Waals surface area contributed by atoms with Crippen LogP contribution in [-0.4, -0.2) is 59.3 Å². The van der Waals surface area contributed by atoms with Gasteiger partial charge in [0.05, 0.1) is 18.2 Å². The van der Waals surface area contributed by atoms with E-state index >= 15 is 0 Å². The Morgan fingerprint density at radius 1 is 1.16 bits per heavy atom. The fourth-order valence-corrected chi connectivity index (χ4v) is 4.49. The Morgan fingerprint density at radius 2 is 1.92 bits per heavy atom. The van der Waals surface area contributed by atoms with E-state index in [1.165, 1.54) is 17.8 Å². The molecule has 1 atom stereocenters. The Balaban J connectivity index is 1.50. The molecule has 138 valence electrons. The summed E-state index contributed by atoms with van der Waals surface area (Å²) in [6, 6.07) is 0. The minimum Gasteiger partial charge on any atom is -0.342 e. The molecule has 2 aliphatic heterocycles. The zero-order valence-corrected chi connectivity index (χ0v) is 16.0. The van der Waals surface area contributed by atoms with Crippen molar-refractivity contribution >= 4 is 28.3 Å². The Labute approximate surface area is 153 Å². The van der Waals surface area contributed by atoms with Crippen molar-refractivity contribution in [3.63, 3.8) is 0 Å². The largest absolute Gasteiger partial charge is 0.342 e. The van der Waals surface area contributed by atoms with Crippen LogP contribution in [0.25, 0.3) is 0 Å². The summed E-state index contributed by atoms with van der Waals surface area (Å²) in [7, 11) is 0. The summed E-state index contributed by atoms with van der Waals surface area (Å²) >= 11 is 1.51. The number of nitrogens with zero attached hydrogens (tertiary/aromatic N) is 3. The number of aryl methyl sites for hydroxylation is 2. The quantitative estimate of drug-likeness (QED) is 0.891. The number of hydrogen-bond acceptors (Lipinski definition) is 5. The highest BCUT2D eigenvalue weighted by Crippen LogP contribution is 2.23. The van der Waals surface area contributed by atoms with Gasteiger partial charge in [0.25, 0.3) is 0 Å². The van der Waals surface area contributed by atoms with Crippen molar-refractivity contribution in [1.82, 2.24) is 14.8 Å². The van der Waals surface area contributed by atoms with Crippen LogP contribution in [0.15, 0.2) is 0 Å². The number of likely N-dealkylation sites (tertiary alicyclic amines) is 2. The van der Waals surface area contributed by atoms with Gasteiger partial charge >= 0.3 is 0 Å². The Kier molecular flexibility index (Phi) is 6.06. The monoisotopic (exact) mass is 364 g/mol. The van der Waals surface area contributed by atoms with Crippen molar-refractivity contribution < 1.29 is 9.59 Å². The van der Waals surface area contributed by atoms with Crippen molar-refractivity contribution in [2.45, 2.75) is 46.0 Å². The lowest BCUT2D eigenvalue weighted by Gasteiger charge is -2.35. The smallest absolute Gasteiger partial charge is 0.240 e. The molecule has 0 spiro atoms. The fraction of sp³-hybridized carbons (Fsp3) is 0.722. The molecule has 2 saturated heterocycles. The molecule has 1 N–H and O–H groups in total. The van der Waals surface area contributed by atoms with Crippen LogP contribution in [0, 0.1) is 19.8 Å². The third-order valence-corrected chi connectivity index (χ3v) is 6.15. The summed E-state index contributed by atoms with van der Waals surface area (Å²) < 4.78 is 0. The number of nitrogens with one attached hydrogen (secondary N) is 1. The molecule has 7 heteroatoms. The maximum Gasteiger partial charge on any atom is 0.240 e. The summed E-state index contributed by atoms with van der Waals surface area (Å²) in [6.45, 7) is 7.66. The van der Waals surface area contributed by atoms with E-state index in [2.05, 4.69) is 15.2 Å². The van der Waals surface area contributed by atoms with E-state index in [1.807, 2.05) is 18.7 Å². The molecule has 0 aliphatic carbocycles. The van der Waals surface area contributed by atoms with Crippen molar-refractivity contribution in [2.24, 2.45) is 5.92 Å². The lowest BCUT2D eigenvalue weighted by atomic mass is 9.95. The van der Waals surface area contributed by atoms with Crippen molar-refractivity contribution in [3.8, 4) is 0 Å². The zero-order chi connectivity index (χ0) is 17.8. The standard InChI is InChI=1S/C18H28N4O2S/c1-13-14(2)25-18(19-13)20-16(23)12-21-8-6-7-15(11-21)17(24)22-9-4-3-5-10-22/h15H,3-12H2,1-2H3,(H,19,20,23). The van der Waals surface area contributed by atoms with E-state index in [-0.39, 0.29) is 17.7 Å². The van der Waals surface area contributed by atoms with E-state index in [0.29, 0.717) is 18.2 Å². The number of aromatic nitrogens is 1. The van der Waals surface area contributed by atoms with Crippen molar-refractivity contribution in [3.05, 3.63) is 10.6 Å². The average Bonchev–Trinajstić information content (AvgIpc) is 2.92. The third kappa shape index (κ3) is 4.79. The minimum absolute atomic E-state index is 0.0418. The Bertz CT molecular complexity index is 605. The highest BCUT2D eigenvalue weighted by molar-refractivity contribution is 7.15. The van der Waals surface area contributed by atoms with Crippen molar-refractivity contribution in [1.29, 1.82) is 0 Å². The van der Waals surface area contributed by atoms with Crippen LogP contribution in [0.2, 0.25) is 0 Å². The van der Waals surface area contributed by atoms with Gasteiger partial charge in [-0.05, 0) is 52.5 Å². The molecule has 3 rings (SSSR count). The second-order valence-electron chi connectivity index (χ2n) is 7.17. The molecular formula is C18H28N4O2S. The predicted molar refractivity (Wildman–Crippen MR) is 99.8 cm³/mol. The number of carbonyl (C=O) groups is 2. The number of hydrogen-bond donors (Lipinski definition) is 1. The van der Waals surface area contributed by atoms with E-state index in [9.17, 15) is 9.59 Å². The number of piperidine rings is 2. The summed E-state index contributed by atoms with van der Waals surface area (Å²) in [5.74, 6) is 0.291. The zero-order valence-electron chi connectivity index (χ0n) is 15.2. The first kappa shape index (κ1) is 18.3. The maximum atomic E-state index is 12.7. The molecule has 2 amide bonds. The fourth-order valence-electron chi connectivity index (χ4n) is 3.66. The van der Waals surface area contributed by atoms with Gasteiger partial charge in [-0.1, -0.05) is 0 Å². The summed E-state index contributed by atoms with van der Waals surface area (Å²) in [5, 5.41) is 3.55. The molecular weight excluding hydrogens is 336 g/mol. The third-order valence-electron chi connectivity index (χ3n) is 5.16. The van der Waals surface area contributed by atoms with Crippen LogP contribution >= 0.6 is 11.3 Å². The number of thiazole rings is 1. The van der Waals surface area contributed by atoms with E-state index in [1.54, 1.807) is 0 Å². The first-order valence-electron chi connectivity index (χ1n) is 9.28. The molecule has 2 aliphatic rings. The van der Waals surface area contributed by atoms with E-state index in [0.717, 1.165) is 55.9 Å². The molecule has 1 aromatic heterocycles. The number of amides is 2. The van der Waals surface area contributed by atoms with Gasteiger partial charge in [-0.2, -0.15) is 0 Å². The van der Waals surface area contributed by atoms with Gasteiger partial charge in [-0.3, -0.25) is 14.5 Å². The van der Waals surface area contributed by atoms with Gasteiger partial charge in [0, 0.05) is 24.5 Å². The molecule has 1 unspecified atom stereocenters. The number of carbonyl (C=O) groups excluding carboxylic acids is 2. The topological polar surface area (TPSA) is 65.5 Å². The Morgan fingerprint density at radius 3 is 2.60 bits per heavy atom. The maximum absolute atomic E-state index is 12.7. The van der Waals surface area contributed by atoms with Crippen LogP contribution in [0.5, 0.6) is 0 Å². The number of anilines is 1. The molecule has 0 bridgehead atoms. The summed E-state index contributed by atoms with van der Waals surface area (Å²) in [6.07, 6.45) is 5.40. The van der Waals surface area contributed by atoms with Gasteiger partial charge in [-0.15, -0.1) is 11.3 Å². The Hall–Kier alpha value is -1.47. The average molecular weight is 365 g/mol. The van der Waals surface area contributed by atoms with Crippen LogP contribution < -0.4 is 5.32 Å². The molecule has 0 aromatic carbocycles. The second-order valence-corrected chi connectivity index (χ2v) is 8.37. The number of rotatable bonds is 4. The minimum atomic E-state index is -0.0418. The summed E-state index contributed by atoms with van der Waals surface area (Å²) in [5.41, 5.74) is 0.963. The lowest BCUT2D eigenvalue weighted by Crippen LogP contribution is -2.47. The van der Waals surface area contributed by atoms with E-state index in [4.69, 9.17) is 0 Å². The predicted octanol–water partition coefficient (Wildman–Crippen LogP) is 2.42. The molecule has 6 nitrogen and oxygen atoms in total. The van der Waals surface area contributed by atoms with Gasteiger partial charge in [-0.25, -0.2) is 4.98 Å². The molecule has 1 aromatic rings. The molecule has 3 heterocycles.